The summed E-state index contributed by atoms with van der Waals surface area (Å²) in [4.78, 5) is 0. The van der Waals surface area contributed by atoms with Gasteiger partial charge in [-0.1, -0.05) is 19.8 Å². The molecule has 0 atom stereocenters. The van der Waals surface area contributed by atoms with Crippen molar-refractivity contribution in [3.63, 3.8) is 0 Å². The first-order valence-corrected chi connectivity index (χ1v) is 5.81. The number of hydrogen-bond donors (Lipinski definition) is 1. The van der Waals surface area contributed by atoms with Crippen molar-refractivity contribution in [1.82, 2.24) is 5.32 Å². The first-order valence-electron chi connectivity index (χ1n) is 5.81. The van der Waals surface area contributed by atoms with Crippen molar-refractivity contribution in [2.75, 3.05) is 26.3 Å². The van der Waals surface area contributed by atoms with Crippen molar-refractivity contribution in [2.24, 2.45) is 0 Å². The summed E-state index contributed by atoms with van der Waals surface area (Å²) in [7, 11) is 0. The van der Waals surface area contributed by atoms with Crippen molar-refractivity contribution >= 4 is 0 Å². The van der Waals surface area contributed by atoms with Crippen LogP contribution in [0.5, 0.6) is 0 Å². The van der Waals surface area contributed by atoms with E-state index in [1.165, 1.54) is 25.7 Å². The monoisotopic (exact) mass is 199 g/mol. The molecule has 2 fully saturated rings. The maximum absolute atomic E-state index is 6.15. The molecule has 0 spiro atoms. The van der Waals surface area contributed by atoms with E-state index in [4.69, 9.17) is 9.47 Å². The van der Waals surface area contributed by atoms with Crippen molar-refractivity contribution in [2.45, 2.75) is 44.3 Å². The Balaban J connectivity index is 1.84. The molecular weight excluding hydrogens is 178 g/mol. The van der Waals surface area contributed by atoms with Gasteiger partial charge in [-0.15, -0.1) is 0 Å². The van der Waals surface area contributed by atoms with Gasteiger partial charge < -0.3 is 14.8 Å². The molecule has 3 nitrogen and oxygen atoms in total. The van der Waals surface area contributed by atoms with E-state index in [-0.39, 0.29) is 5.60 Å². The zero-order chi connectivity index (χ0) is 9.86. The van der Waals surface area contributed by atoms with Crippen LogP contribution in [0.2, 0.25) is 0 Å². The largest absolute Gasteiger partial charge is 0.376 e. The molecule has 1 saturated carbocycles. The summed E-state index contributed by atoms with van der Waals surface area (Å²) in [5.41, 5.74) is 0.129. The Morgan fingerprint density at radius 2 is 2.07 bits per heavy atom. The van der Waals surface area contributed by atoms with Gasteiger partial charge in [0, 0.05) is 6.54 Å². The molecule has 0 aromatic rings. The average molecular weight is 199 g/mol. The van der Waals surface area contributed by atoms with Crippen molar-refractivity contribution in [3.8, 4) is 0 Å². The first-order chi connectivity index (χ1) is 6.85. The summed E-state index contributed by atoms with van der Waals surface area (Å²) in [6.45, 7) is 5.79. The number of ether oxygens (including phenoxy) is 2. The molecule has 0 bridgehead atoms. The summed E-state index contributed by atoms with van der Waals surface area (Å²) in [6, 6.07) is 0. The molecule has 1 aliphatic heterocycles. The fourth-order valence-electron chi connectivity index (χ4n) is 2.34. The van der Waals surface area contributed by atoms with Crippen molar-refractivity contribution in [3.05, 3.63) is 0 Å². The summed E-state index contributed by atoms with van der Waals surface area (Å²) >= 11 is 0. The fourth-order valence-corrected chi connectivity index (χ4v) is 2.34. The van der Waals surface area contributed by atoms with Crippen molar-refractivity contribution in [1.29, 1.82) is 0 Å². The van der Waals surface area contributed by atoms with Gasteiger partial charge in [-0.2, -0.15) is 0 Å². The highest BCUT2D eigenvalue weighted by molar-refractivity contribution is 4.90. The zero-order valence-corrected chi connectivity index (χ0v) is 9.05. The van der Waals surface area contributed by atoms with Crippen molar-refractivity contribution < 1.29 is 9.47 Å². The van der Waals surface area contributed by atoms with Gasteiger partial charge in [0.1, 0.15) is 6.10 Å². The van der Waals surface area contributed by atoms with Crippen LogP contribution >= 0.6 is 0 Å². The second kappa shape index (κ2) is 4.60. The van der Waals surface area contributed by atoms with Crippen LogP contribution < -0.4 is 5.32 Å². The molecular formula is C11H21NO2. The van der Waals surface area contributed by atoms with Gasteiger partial charge in [0.2, 0.25) is 0 Å². The van der Waals surface area contributed by atoms with Gasteiger partial charge in [-0.05, 0) is 19.4 Å². The normalized spacial score (nSPS) is 26.4. The van der Waals surface area contributed by atoms with Crippen LogP contribution in [0.4, 0.5) is 0 Å². The summed E-state index contributed by atoms with van der Waals surface area (Å²) in [5.74, 6) is 0. The first kappa shape index (κ1) is 10.4. The van der Waals surface area contributed by atoms with Gasteiger partial charge in [-0.3, -0.25) is 0 Å². The molecule has 3 heteroatoms. The molecule has 0 amide bonds. The van der Waals surface area contributed by atoms with E-state index < -0.39 is 0 Å². The Kier molecular flexibility index (Phi) is 3.42. The zero-order valence-electron chi connectivity index (χ0n) is 9.05. The Hall–Kier alpha value is -0.120. The van der Waals surface area contributed by atoms with Gasteiger partial charge >= 0.3 is 0 Å². The minimum absolute atomic E-state index is 0.129. The molecule has 0 unspecified atom stereocenters. The highest BCUT2D eigenvalue weighted by Crippen LogP contribution is 2.34. The van der Waals surface area contributed by atoms with E-state index in [1.54, 1.807) is 0 Å². The van der Waals surface area contributed by atoms with Crippen LogP contribution in [0.15, 0.2) is 0 Å². The fraction of sp³-hybridized carbons (Fsp3) is 1.00. The lowest BCUT2D eigenvalue weighted by atomic mass is 10.0. The second-order valence-electron chi connectivity index (χ2n) is 4.45. The lowest BCUT2D eigenvalue weighted by Crippen LogP contribution is -2.49. The minimum atomic E-state index is 0.129. The third kappa shape index (κ3) is 2.27. The Morgan fingerprint density at radius 1 is 1.36 bits per heavy atom. The van der Waals surface area contributed by atoms with E-state index >= 15 is 0 Å². The van der Waals surface area contributed by atoms with Crippen LogP contribution in [0, 0.1) is 0 Å². The SMILES string of the molecule is CCNCC1(OC2COC2)CCCC1. The Morgan fingerprint density at radius 3 is 2.57 bits per heavy atom. The lowest BCUT2D eigenvalue weighted by Gasteiger charge is -2.37. The molecule has 1 aliphatic carbocycles. The Labute approximate surface area is 86.2 Å². The maximum Gasteiger partial charge on any atom is 0.105 e. The number of likely N-dealkylation sites (N-methyl/N-ethyl adjacent to an activating group) is 1. The highest BCUT2D eigenvalue weighted by atomic mass is 16.6. The van der Waals surface area contributed by atoms with Crippen LogP contribution in [0.1, 0.15) is 32.6 Å². The maximum atomic E-state index is 6.15. The van der Waals surface area contributed by atoms with Gasteiger partial charge in [0.25, 0.3) is 0 Å². The van der Waals surface area contributed by atoms with Crippen LogP contribution in [-0.2, 0) is 9.47 Å². The predicted molar refractivity (Wildman–Crippen MR) is 55.4 cm³/mol. The lowest BCUT2D eigenvalue weighted by molar-refractivity contribution is -0.189. The third-order valence-corrected chi connectivity index (χ3v) is 3.24. The molecule has 0 radical (unpaired) electrons. The molecule has 1 N–H and O–H groups in total. The van der Waals surface area contributed by atoms with Gasteiger partial charge in [0.05, 0.1) is 18.8 Å². The number of hydrogen-bond acceptors (Lipinski definition) is 3. The topological polar surface area (TPSA) is 30.5 Å². The predicted octanol–water partition coefficient (Wildman–Crippen LogP) is 1.32. The van der Waals surface area contributed by atoms with Gasteiger partial charge in [0.15, 0.2) is 0 Å². The van der Waals surface area contributed by atoms with E-state index in [0.717, 1.165) is 26.3 Å². The summed E-state index contributed by atoms with van der Waals surface area (Å²) < 4.78 is 11.3. The molecule has 2 aliphatic rings. The number of nitrogens with one attached hydrogen (secondary N) is 1. The minimum Gasteiger partial charge on any atom is -0.376 e. The van der Waals surface area contributed by atoms with E-state index in [2.05, 4.69) is 12.2 Å². The summed E-state index contributed by atoms with van der Waals surface area (Å²) in [6.07, 6.45) is 5.44. The Bertz CT molecular complexity index is 174. The number of rotatable bonds is 5. The quantitative estimate of drug-likeness (QED) is 0.724. The summed E-state index contributed by atoms with van der Waals surface area (Å²) in [5, 5.41) is 3.42. The van der Waals surface area contributed by atoms with E-state index in [9.17, 15) is 0 Å². The average Bonchev–Trinajstić information content (AvgIpc) is 2.58. The smallest absolute Gasteiger partial charge is 0.105 e. The second-order valence-corrected chi connectivity index (χ2v) is 4.45. The van der Waals surface area contributed by atoms with Crippen LogP contribution in [0.3, 0.4) is 0 Å². The third-order valence-electron chi connectivity index (χ3n) is 3.24. The van der Waals surface area contributed by atoms with E-state index in [1.807, 2.05) is 0 Å². The molecule has 82 valence electrons. The van der Waals surface area contributed by atoms with E-state index in [0.29, 0.717) is 6.10 Å². The highest BCUT2D eigenvalue weighted by Gasteiger charge is 2.38. The molecule has 1 heterocycles. The molecule has 1 saturated heterocycles. The molecule has 14 heavy (non-hydrogen) atoms. The standard InChI is InChI=1S/C11H21NO2/c1-2-12-9-11(5-3-4-6-11)14-10-7-13-8-10/h10,12H,2-9H2,1H3. The van der Waals surface area contributed by atoms with Crippen LogP contribution in [0.25, 0.3) is 0 Å². The molecule has 2 rings (SSSR count). The molecule has 0 aromatic carbocycles. The van der Waals surface area contributed by atoms with Crippen LogP contribution in [-0.4, -0.2) is 38.0 Å². The van der Waals surface area contributed by atoms with Gasteiger partial charge in [-0.25, -0.2) is 0 Å². The molecule has 0 aromatic heterocycles.